The van der Waals surface area contributed by atoms with Gasteiger partial charge in [0.2, 0.25) is 5.91 Å². The highest BCUT2D eigenvalue weighted by atomic mass is 16.2. The molecule has 0 saturated heterocycles. The topological polar surface area (TPSA) is 32.3 Å². The number of nitrogens with zero attached hydrogens (tertiary/aromatic N) is 1. The number of likely N-dealkylation sites (N-methyl/N-ethyl adjacent to an activating group) is 1. The average Bonchev–Trinajstić information content (AvgIpc) is 2.56. The summed E-state index contributed by atoms with van der Waals surface area (Å²) in [6.07, 6.45) is 6.53. The molecule has 0 aliphatic heterocycles. The van der Waals surface area contributed by atoms with Gasteiger partial charge in [-0.1, -0.05) is 49.6 Å². The van der Waals surface area contributed by atoms with Crippen molar-refractivity contribution in [2.45, 2.75) is 45.1 Å². The number of hydrogen-bond donors (Lipinski definition) is 1. The predicted octanol–water partition coefficient (Wildman–Crippen LogP) is 3.38. The van der Waals surface area contributed by atoms with E-state index in [1.807, 2.05) is 14.0 Å². The Morgan fingerprint density at radius 2 is 1.90 bits per heavy atom. The lowest BCUT2D eigenvalue weighted by Crippen LogP contribution is -2.39. The lowest BCUT2D eigenvalue weighted by atomic mass is 9.81. The van der Waals surface area contributed by atoms with Crippen molar-refractivity contribution in [3.63, 3.8) is 0 Å². The molecule has 0 bridgehead atoms. The summed E-state index contributed by atoms with van der Waals surface area (Å²) in [5.41, 5.74) is 1.32. The number of amides is 1. The molecule has 1 saturated carbocycles. The SMILES string of the molecule is CCN(C)C(=O)CNC(c1ccccc1)C1CCCCC1. The van der Waals surface area contributed by atoms with Crippen molar-refractivity contribution in [1.29, 1.82) is 0 Å². The predicted molar refractivity (Wildman–Crippen MR) is 87.1 cm³/mol. The van der Waals surface area contributed by atoms with E-state index in [0.29, 0.717) is 18.5 Å². The highest BCUT2D eigenvalue weighted by Gasteiger charge is 2.25. The molecule has 0 heterocycles. The summed E-state index contributed by atoms with van der Waals surface area (Å²) >= 11 is 0. The van der Waals surface area contributed by atoms with Crippen molar-refractivity contribution < 1.29 is 4.79 Å². The Kier molecular flexibility index (Phi) is 6.24. The molecule has 1 N–H and O–H groups in total. The molecule has 0 radical (unpaired) electrons. The van der Waals surface area contributed by atoms with Crippen molar-refractivity contribution in [3.05, 3.63) is 35.9 Å². The van der Waals surface area contributed by atoms with Crippen molar-refractivity contribution in [2.75, 3.05) is 20.1 Å². The van der Waals surface area contributed by atoms with E-state index in [1.54, 1.807) is 4.90 Å². The number of hydrogen-bond acceptors (Lipinski definition) is 2. The molecule has 0 spiro atoms. The van der Waals surface area contributed by atoms with E-state index in [4.69, 9.17) is 0 Å². The minimum Gasteiger partial charge on any atom is -0.345 e. The Morgan fingerprint density at radius 1 is 1.24 bits per heavy atom. The minimum atomic E-state index is 0.175. The Morgan fingerprint density at radius 3 is 2.52 bits per heavy atom. The maximum atomic E-state index is 12.1. The van der Waals surface area contributed by atoms with Gasteiger partial charge >= 0.3 is 0 Å². The smallest absolute Gasteiger partial charge is 0.236 e. The largest absolute Gasteiger partial charge is 0.345 e. The summed E-state index contributed by atoms with van der Waals surface area (Å²) in [4.78, 5) is 13.8. The van der Waals surface area contributed by atoms with Crippen LogP contribution in [-0.2, 0) is 4.79 Å². The molecular formula is C18H28N2O. The first-order valence-electron chi connectivity index (χ1n) is 8.24. The van der Waals surface area contributed by atoms with Gasteiger partial charge in [0.15, 0.2) is 0 Å². The summed E-state index contributed by atoms with van der Waals surface area (Å²) in [7, 11) is 1.86. The van der Waals surface area contributed by atoms with E-state index in [2.05, 4.69) is 35.6 Å². The zero-order valence-corrected chi connectivity index (χ0v) is 13.3. The monoisotopic (exact) mass is 288 g/mol. The third kappa shape index (κ3) is 4.57. The molecule has 1 aliphatic rings. The van der Waals surface area contributed by atoms with E-state index in [9.17, 15) is 4.79 Å². The van der Waals surface area contributed by atoms with E-state index in [-0.39, 0.29) is 5.91 Å². The van der Waals surface area contributed by atoms with E-state index in [0.717, 1.165) is 6.54 Å². The molecule has 1 unspecified atom stereocenters. The molecule has 1 fully saturated rings. The molecule has 1 amide bonds. The fourth-order valence-corrected chi connectivity index (χ4v) is 3.19. The van der Waals surface area contributed by atoms with E-state index >= 15 is 0 Å². The highest BCUT2D eigenvalue weighted by molar-refractivity contribution is 5.77. The molecule has 1 aromatic carbocycles. The van der Waals surface area contributed by atoms with Gasteiger partial charge in [0.05, 0.1) is 6.54 Å². The molecule has 3 heteroatoms. The van der Waals surface area contributed by atoms with Gasteiger partial charge in [0.1, 0.15) is 0 Å². The van der Waals surface area contributed by atoms with Crippen molar-refractivity contribution >= 4 is 5.91 Å². The summed E-state index contributed by atoms with van der Waals surface area (Å²) in [5, 5.41) is 3.53. The maximum absolute atomic E-state index is 12.1. The van der Waals surface area contributed by atoms with Crippen molar-refractivity contribution in [2.24, 2.45) is 5.92 Å². The third-order valence-corrected chi connectivity index (χ3v) is 4.65. The molecule has 21 heavy (non-hydrogen) atoms. The Balaban J connectivity index is 2.03. The first kappa shape index (κ1) is 16.0. The van der Waals surface area contributed by atoms with Gasteiger partial charge in [0, 0.05) is 19.6 Å². The zero-order valence-electron chi connectivity index (χ0n) is 13.3. The van der Waals surface area contributed by atoms with Crippen LogP contribution in [0.2, 0.25) is 0 Å². The van der Waals surface area contributed by atoms with Crippen LogP contribution < -0.4 is 5.32 Å². The van der Waals surface area contributed by atoms with Gasteiger partial charge in [-0.3, -0.25) is 4.79 Å². The number of carbonyl (C=O) groups excluding carboxylic acids is 1. The average molecular weight is 288 g/mol. The first-order chi connectivity index (χ1) is 10.2. The van der Waals surface area contributed by atoms with Crippen molar-refractivity contribution in [1.82, 2.24) is 10.2 Å². The Bertz CT molecular complexity index is 426. The zero-order chi connectivity index (χ0) is 15.1. The van der Waals surface area contributed by atoms with Gasteiger partial charge in [-0.2, -0.15) is 0 Å². The molecule has 3 nitrogen and oxygen atoms in total. The fraction of sp³-hybridized carbons (Fsp3) is 0.611. The van der Waals surface area contributed by atoms with Gasteiger partial charge in [-0.15, -0.1) is 0 Å². The van der Waals surface area contributed by atoms with Crippen molar-refractivity contribution in [3.8, 4) is 0 Å². The number of benzene rings is 1. The van der Waals surface area contributed by atoms with Gasteiger partial charge in [-0.05, 0) is 31.2 Å². The van der Waals surface area contributed by atoms with Crippen LogP contribution in [0, 0.1) is 5.92 Å². The van der Waals surface area contributed by atoms with Crippen LogP contribution in [0.25, 0.3) is 0 Å². The second-order valence-corrected chi connectivity index (χ2v) is 6.08. The first-order valence-corrected chi connectivity index (χ1v) is 8.24. The van der Waals surface area contributed by atoms with E-state index < -0.39 is 0 Å². The number of nitrogens with one attached hydrogen (secondary N) is 1. The van der Waals surface area contributed by atoms with Crippen LogP contribution in [0.1, 0.15) is 50.6 Å². The molecule has 2 rings (SSSR count). The van der Waals surface area contributed by atoms with E-state index in [1.165, 1.54) is 37.7 Å². The highest BCUT2D eigenvalue weighted by Crippen LogP contribution is 2.34. The summed E-state index contributed by atoms with van der Waals surface area (Å²) < 4.78 is 0. The Labute approximate surface area is 128 Å². The minimum absolute atomic E-state index is 0.175. The fourth-order valence-electron chi connectivity index (χ4n) is 3.19. The lowest BCUT2D eigenvalue weighted by Gasteiger charge is -2.32. The number of carbonyl (C=O) groups is 1. The summed E-state index contributed by atoms with van der Waals surface area (Å²) in [5.74, 6) is 0.829. The number of rotatable bonds is 6. The summed E-state index contributed by atoms with van der Waals surface area (Å²) in [6.45, 7) is 3.20. The normalized spacial score (nSPS) is 17.4. The molecule has 1 atom stereocenters. The Hall–Kier alpha value is -1.35. The summed E-state index contributed by atoms with van der Waals surface area (Å²) in [6, 6.07) is 10.9. The maximum Gasteiger partial charge on any atom is 0.236 e. The van der Waals surface area contributed by atoms with Gasteiger partial charge in [0.25, 0.3) is 0 Å². The van der Waals surface area contributed by atoms with Crippen LogP contribution in [0.3, 0.4) is 0 Å². The molecular weight excluding hydrogens is 260 g/mol. The molecule has 116 valence electrons. The molecule has 1 aliphatic carbocycles. The van der Waals surface area contributed by atoms with Crippen LogP contribution >= 0.6 is 0 Å². The standard InChI is InChI=1S/C18H28N2O/c1-3-20(2)17(21)14-19-18(15-10-6-4-7-11-15)16-12-8-5-9-13-16/h4,6-7,10-11,16,18-19H,3,5,8-9,12-14H2,1-2H3. The second-order valence-electron chi connectivity index (χ2n) is 6.08. The van der Waals surface area contributed by atoms with Gasteiger partial charge in [-0.25, -0.2) is 0 Å². The van der Waals surface area contributed by atoms with Crippen LogP contribution in [0.5, 0.6) is 0 Å². The van der Waals surface area contributed by atoms with Crippen LogP contribution in [0.15, 0.2) is 30.3 Å². The van der Waals surface area contributed by atoms with Gasteiger partial charge < -0.3 is 10.2 Å². The lowest BCUT2D eigenvalue weighted by molar-refractivity contribution is -0.128. The quantitative estimate of drug-likeness (QED) is 0.870. The van der Waals surface area contributed by atoms with Crippen LogP contribution in [-0.4, -0.2) is 30.9 Å². The second kappa shape index (κ2) is 8.18. The molecule has 1 aromatic rings. The van der Waals surface area contributed by atoms with Crippen LogP contribution in [0.4, 0.5) is 0 Å². The molecule has 0 aromatic heterocycles. The third-order valence-electron chi connectivity index (χ3n) is 4.65.